The monoisotopic (exact) mass is 205 g/mol. The van der Waals surface area contributed by atoms with E-state index in [-0.39, 0.29) is 6.04 Å². The van der Waals surface area contributed by atoms with E-state index < -0.39 is 0 Å². The van der Waals surface area contributed by atoms with E-state index in [1.54, 1.807) is 17.5 Å². The molecular weight excluding hydrogens is 194 g/mol. The first-order valence-electron chi connectivity index (χ1n) is 4.36. The predicted octanol–water partition coefficient (Wildman–Crippen LogP) is 1.89. The maximum atomic E-state index is 6.02. The van der Waals surface area contributed by atoms with E-state index in [1.165, 1.54) is 0 Å². The summed E-state index contributed by atoms with van der Waals surface area (Å²) in [6, 6.07) is 5.53. The van der Waals surface area contributed by atoms with Gasteiger partial charge >= 0.3 is 0 Å². The number of hydrogen-bond donors (Lipinski definition) is 1. The average molecular weight is 205 g/mol. The highest BCUT2D eigenvalue weighted by atomic mass is 32.1. The summed E-state index contributed by atoms with van der Waals surface area (Å²) in [6.07, 6.45) is 1.75. The fraction of sp³-hybridized carbons (Fsp3) is 0.200. The van der Waals surface area contributed by atoms with Crippen LogP contribution < -0.4 is 5.73 Å². The van der Waals surface area contributed by atoms with Gasteiger partial charge in [0.2, 0.25) is 0 Å². The van der Waals surface area contributed by atoms with Gasteiger partial charge in [0.25, 0.3) is 0 Å². The minimum atomic E-state index is -0.199. The number of hydrogen-bond acceptors (Lipinski definition) is 4. The Morgan fingerprint density at radius 2 is 2.29 bits per heavy atom. The predicted molar refractivity (Wildman–Crippen MR) is 57.1 cm³/mol. The zero-order chi connectivity index (χ0) is 9.97. The molecule has 0 saturated carbocycles. The van der Waals surface area contributed by atoms with Gasteiger partial charge in [-0.3, -0.25) is 4.98 Å². The van der Waals surface area contributed by atoms with Gasteiger partial charge < -0.3 is 5.73 Å². The van der Waals surface area contributed by atoms with Crippen molar-refractivity contribution in [1.29, 1.82) is 0 Å². The van der Waals surface area contributed by atoms with E-state index in [2.05, 4.69) is 9.97 Å². The lowest BCUT2D eigenvalue weighted by Gasteiger charge is -2.06. The number of nitrogens with zero attached hydrogens (tertiary/aromatic N) is 2. The first-order valence-corrected chi connectivity index (χ1v) is 5.24. The third-order valence-corrected chi connectivity index (χ3v) is 2.95. The van der Waals surface area contributed by atoms with Crippen molar-refractivity contribution in [2.24, 2.45) is 5.73 Å². The summed E-state index contributed by atoms with van der Waals surface area (Å²) in [5.41, 5.74) is 7.89. The minimum Gasteiger partial charge on any atom is -0.317 e. The molecule has 2 rings (SSSR count). The van der Waals surface area contributed by atoms with Gasteiger partial charge in [0, 0.05) is 17.3 Å². The van der Waals surface area contributed by atoms with Crippen LogP contribution in [0, 0.1) is 6.92 Å². The molecule has 0 saturated heterocycles. The van der Waals surface area contributed by atoms with E-state index in [4.69, 9.17) is 5.73 Å². The fourth-order valence-corrected chi connectivity index (χ4v) is 2.01. The second-order valence-electron chi connectivity index (χ2n) is 3.06. The third-order valence-electron chi connectivity index (χ3n) is 1.91. The summed E-state index contributed by atoms with van der Waals surface area (Å²) in [4.78, 5) is 8.55. The van der Waals surface area contributed by atoms with Crippen molar-refractivity contribution in [3.05, 3.63) is 46.2 Å². The van der Waals surface area contributed by atoms with Gasteiger partial charge in [-0.2, -0.15) is 0 Å². The molecule has 14 heavy (non-hydrogen) atoms. The van der Waals surface area contributed by atoms with Crippen LogP contribution in [0.5, 0.6) is 0 Å². The van der Waals surface area contributed by atoms with Crippen LogP contribution in [0.3, 0.4) is 0 Å². The molecule has 2 N–H and O–H groups in total. The van der Waals surface area contributed by atoms with Gasteiger partial charge in [0.15, 0.2) is 0 Å². The first-order chi connectivity index (χ1) is 6.77. The minimum absolute atomic E-state index is 0.199. The van der Waals surface area contributed by atoms with Crippen LogP contribution in [-0.4, -0.2) is 9.97 Å². The Bertz CT molecular complexity index is 410. The zero-order valence-corrected chi connectivity index (χ0v) is 8.66. The van der Waals surface area contributed by atoms with E-state index in [1.807, 2.05) is 30.5 Å². The van der Waals surface area contributed by atoms with Crippen molar-refractivity contribution < 1.29 is 0 Å². The van der Waals surface area contributed by atoms with Crippen LogP contribution in [-0.2, 0) is 0 Å². The quantitative estimate of drug-likeness (QED) is 0.814. The number of aryl methyl sites for hydroxylation is 1. The molecule has 0 aliphatic heterocycles. The van der Waals surface area contributed by atoms with Gasteiger partial charge in [-0.25, -0.2) is 4.98 Å². The van der Waals surface area contributed by atoms with Crippen LogP contribution in [0.2, 0.25) is 0 Å². The summed E-state index contributed by atoms with van der Waals surface area (Å²) >= 11 is 1.58. The molecule has 72 valence electrons. The molecule has 0 radical (unpaired) electrons. The lowest BCUT2D eigenvalue weighted by atomic mass is 10.2. The standard InChI is InChI=1S/C10H11N3S/c1-7-6-14-10(13-7)9(11)8-4-2-3-5-12-8/h2-6,9H,11H2,1H3. The molecule has 0 amide bonds. The molecule has 2 heterocycles. The van der Waals surface area contributed by atoms with Crippen molar-refractivity contribution in [1.82, 2.24) is 9.97 Å². The number of nitrogens with two attached hydrogens (primary N) is 1. The molecule has 0 aliphatic carbocycles. The summed E-state index contributed by atoms with van der Waals surface area (Å²) < 4.78 is 0. The van der Waals surface area contributed by atoms with Crippen molar-refractivity contribution in [2.75, 3.05) is 0 Å². The molecule has 0 aliphatic rings. The molecule has 2 aromatic rings. The summed E-state index contributed by atoms with van der Waals surface area (Å²) in [5, 5.41) is 2.92. The first kappa shape index (κ1) is 9.30. The van der Waals surface area contributed by atoms with E-state index in [0.717, 1.165) is 16.4 Å². The number of thiazole rings is 1. The van der Waals surface area contributed by atoms with Crippen LogP contribution in [0.25, 0.3) is 0 Å². The molecule has 1 unspecified atom stereocenters. The normalized spacial score (nSPS) is 12.7. The van der Waals surface area contributed by atoms with E-state index in [9.17, 15) is 0 Å². The van der Waals surface area contributed by atoms with Gasteiger partial charge in [-0.1, -0.05) is 6.07 Å². The van der Waals surface area contributed by atoms with Crippen LogP contribution in [0.4, 0.5) is 0 Å². The molecule has 0 aromatic carbocycles. The maximum absolute atomic E-state index is 6.02. The third kappa shape index (κ3) is 1.81. The van der Waals surface area contributed by atoms with Crippen LogP contribution >= 0.6 is 11.3 Å². The molecule has 3 nitrogen and oxygen atoms in total. The molecule has 4 heteroatoms. The molecule has 0 fully saturated rings. The SMILES string of the molecule is Cc1csc(C(N)c2ccccn2)n1. The second kappa shape index (κ2) is 3.86. The van der Waals surface area contributed by atoms with Crippen molar-refractivity contribution in [3.8, 4) is 0 Å². The Labute approximate surface area is 86.6 Å². The fourth-order valence-electron chi connectivity index (χ4n) is 1.20. The van der Waals surface area contributed by atoms with Crippen LogP contribution in [0.15, 0.2) is 29.8 Å². The van der Waals surface area contributed by atoms with E-state index >= 15 is 0 Å². The number of aromatic nitrogens is 2. The largest absolute Gasteiger partial charge is 0.317 e. The molecule has 1 atom stereocenters. The van der Waals surface area contributed by atoms with Crippen molar-refractivity contribution in [2.45, 2.75) is 13.0 Å². The Morgan fingerprint density at radius 1 is 1.43 bits per heavy atom. The summed E-state index contributed by atoms with van der Waals surface area (Å²) in [5.74, 6) is 0. The summed E-state index contributed by atoms with van der Waals surface area (Å²) in [7, 11) is 0. The van der Waals surface area contributed by atoms with E-state index in [0.29, 0.717) is 0 Å². The molecule has 2 aromatic heterocycles. The van der Waals surface area contributed by atoms with Gasteiger partial charge in [-0.15, -0.1) is 11.3 Å². The lowest BCUT2D eigenvalue weighted by molar-refractivity contribution is 0.814. The highest BCUT2D eigenvalue weighted by Gasteiger charge is 2.12. The lowest BCUT2D eigenvalue weighted by Crippen LogP contribution is -2.12. The number of rotatable bonds is 2. The zero-order valence-electron chi connectivity index (χ0n) is 7.84. The molecular formula is C10H11N3S. The highest BCUT2D eigenvalue weighted by molar-refractivity contribution is 7.09. The van der Waals surface area contributed by atoms with Crippen LogP contribution in [0.1, 0.15) is 22.4 Å². The van der Waals surface area contributed by atoms with Gasteiger partial charge in [-0.05, 0) is 19.1 Å². The Morgan fingerprint density at radius 3 is 2.86 bits per heavy atom. The Balaban J connectivity index is 2.29. The highest BCUT2D eigenvalue weighted by Crippen LogP contribution is 2.20. The Hall–Kier alpha value is -1.26. The maximum Gasteiger partial charge on any atom is 0.116 e. The van der Waals surface area contributed by atoms with Crippen molar-refractivity contribution >= 4 is 11.3 Å². The summed E-state index contributed by atoms with van der Waals surface area (Å²) in [6.45, 7) is 1.96. The van der Waals surface area contributed by atoms with Gasteiger partial charge in [0.1, 0.15) is 5.01 Å². The molecule has 0 spiro atoms. The smallest absolute Gasteiger partial charge is 0.116 e. The topological polar surface area (TPSA) is 51.8 Å². The number of pyridine rings is 1. The Kier molecular flexibility index (Phi) is 2.56. The van der Waals surface area contributed by atoms with Crippen molar-refractivity contribution in [3.63, 3.8) is 0 Å². The average Bonchev–Trinajstić information content (AvgIpc) is 2.65. The van der Waals surface area contributed by atoms with Gasteiger partial charge in [0.05, 0.1) is 11.7 Å². The second-order valence-corrected chi connectivity index (χ2v) is 3.95. The molecule has 0 bridgehead atoms.